The third-order valence-corrected chi connectivity index (χ3v) is 4.42. The van der Waals surface area contributed by atoms with Crippen molar-refractivity contribution in [3.63, 3.8) is 0 Å². The number of fused-ring (bicyclic) bond motifs is 1. The van der Waals surface area contributed by atoms with E-state index in [9.17, 15) is 27.2 Å². The molecule has 1 N–H and O–H groups in total. The fourth-order valence-corrected chi connectivity index (χ4v) is 3.02. The highest BCUT2D eigenvalue weighted by atomic mass is 19.4. The molecule has 0 radical (unpaired) electrons. The summed E-state index contributed by atoms with van der Waals surface area (Å²) in [5, 5.41) is 7.12. The summed E-state index contributed by atoms with van der Waals surface area (Å²) in [7, 11) is 0. The van der Waals surface area contributed by atoms with Crippen LogP contribution in [0.1, 0.15) is 5.69 Å². The van der Waals surface area contributed by atoms with Gasteiger partial charge in [0, 0.05) is 25.3 Å². The van der Waals surface area contributed by atoms with Gasteiger partial charge >= 0.3 is 12.1 Å². The van der Waals surface area contributed by atoms with Crippen LogP contribution in [0, 0.1) is 5.82 Å². The zero-order valence-corrected chi connectivity index (χ0v) is 15.6. The first-order valence-corrected chi connectivity index (χ1v) is 8.73. The number of ether oxygens (including phenoxy) is 1. The normalized spacial score (nSPS) is 20.9. The average molecular weight is 433 g/mol. The summed E-state index contributed by atoms with van der Waals surface area (Å²) in [5.41, 5.74) is 0.520. The quantitative estimate of drug-likeness (QED) is 0.562. The molecule has 3 heterocycles. The van der Waals surface area contributed by atoms with Gasteiger partial charge in [0.1, 0.15) is 12.4 Å². The number of hydrogen-bond donors (Lipinski definition) is 1. The van der Waals surface area contributed by atoms with Crippen LogP contribution in [0.3, 0.4) is 0 Å². The highest BCUT2D eigenvalue weighted by molar-refractivity contribution is 5.81. The summed E-state index contributed by atoms with van der Waals surface area (Å²) < 4.78 is 50.1. The van der Waals surface area contributed by atoms with Gasteiger partial charge in [0.15, 0.2) is 0 Å². The second-order valence-electron chi connectivity index (χ2n) is 6.50. The number of carboxylic acid groups (broad SMARTS) is 1. The van der Waals surface area contributed by atoms with E-state index in [1.54, 1.807) is 15.9 Å². The molecule has 2 amide bonds. The van der Waals surface area contributed by atoms with Crippen LogP contribution in [-0.2, 0) is 25.5 Å². The van der Waals surface area contributed by atoms with E-state index in [1.807, 2.05) is 0 Å². The number of likely N-dealkylation sites (tertiary alicyclic amines) is 1. The van der Waals surface area contributed by atoms with Crippen molar-refractivity contribution in [1.29, 1.82) is 0 Å². The van der Waals surface area contributed by atoms with Gasteiger partial charge in [-0.3, -0.25) is 14.6 Å². The van der Waals surface area contributed by atoms with Crippen molar-refractivity contribution in [2.45, 2.75) is 24.7 Å². The second kappa shape index (κ2) is 9.65. The molecule has 1 aromatic rings. The molecule has 2 atom stereocenters. The Bertz CT molecular complexity index is 800. The lowest BCUT2D eigenvalue weighted by atomic mass is 10.1. The molecule has 3 rings (SSSR count). The molecule has 0 aliphatic carbocycles. The van der Waals surface area contributed by atoms with Crippen molar-refractivity contribution < 1.29 is 41.8 Å². The number of aliphatic carboxylic acids is 1. The van der Waals surface area contributed by atoms with Gasteiger partial charge in [-0.05, 0) is 12.1 Å². The summed E-state index contributed by atoms with van der Waals surface area (Å²) in [5.74, 6) is -3.37. The van der Waals surface area contributed by atoms with Crippen LogP contribution in [-0.4, -0.2) is 82.2 Å². The first-order chi connectivity index (χ1) is 14.0. The summed E-state index contributed by atoms with van der Waals surface area (Å²) >= 11 is 0. The van der Waals surface area contributed by atoms with Crippen LogP contribution >= 0.6 is 0 Å². The first kappa shape index (κ1) is 23.3. The molecule has 0 saturated carbocycles. The number of amides is 2. The van der Waals surface area contributed by atoms with E-state index in [0.717, 1.165) is 6.20 Å². The number of carbonyl (C=O) groups is 3. The molecular weight excluding hydrogens is 414 g/mol. The van der Waals surface area contributed by atoms with E-state index in [1.165, 1.54) is 12.1 Å². The lowest BCUT2D eigenvalue weighted by Gasteiger charge is -2.35. The Morgan fingerprint density at radius 3 is 2.53 bits per heavy atom. The minimum Gasteiger partial charge on any atom is -0.475 e. The molecule has 2 aliphatic rings. The topological polar surface area (TPSA) is 100 Å². The standard InChI is InChI=1S/C16H18FN3O3.C2HF3O2/c1-2-5-20-13-8-19(9-14(13)23-10-16(20)22)15(21)6-12-4-3-11(17)7-18-12;3-2(4,5)1(6)7/h2-4,7,13-14H,1,5-6,8-10H2;(H,6,7)/t13-,14-;/m1./s1. The number of carboxylic acids is 1. The van der Waals surface area contributed by atoms with Gasteiger partial charge in [-0.1, -0.05) is 6.08 Å². The van der Waals surface area contributed by atoms with Crippen molar-refractivity contribution in [3.8, 4) is 0 Å². The van der Waals surface area contributed by atoms with Gasteiger partial charge in [-0.2, -0.15) is 13.2 Å². The number of aromatic nitrogens is 1. The molecular formula is C18H19F4N3O5. The maximum Gasteiger partial charge on any atom is 0.490 e. The van der Waals surface area contributed by atoms with Gasteiger partial charge in [-0.15, -0.1) is 6.58 Å². The number of alkyl halides is 3. The number of pyridine rings is 1. The molecule has 0 aromatic carbocycles. The molecule has 2 fully saturated rings. The average Bonchev–Trinajstić information content (AvgIpc) is 3.10. The third kappa shape index (κ3) is 5.99. The van der Waals surface area contributed by atoms with Crippen LogP contribution in [0.5, 0.6) is 0 Å². The largest absolute Gasteiger partial charge is 0.490 e. The van der Waals surface area contributed by atoms with E-state index in [-0.39, 0.29) is 37.0 Å². The monoisotopic (exact) mass is 433 g/mol. The SMILES string of the molecule is C=CCN1C(=O)CO[C@@H]2CN(C(=O)Cc3ccc(F)cn3)C[C@H]21.O=C(O)C(F)(F)F. The number of hydrogen-bond acceptors (Lipinski definition) is 5. The van der Waals surface area contributed by atoms with E-state index in [0.29, 0.717) is 25.3 Å². The predicted molar refractivity (Wildman–Crippen MR) is 93.6 cm³/mol. The third-order valence-electron chi connectivity index (χ3n) is 4.42. The number of halogens is 4. The Morgan fingerprint density at radius 1 is 1.33 bits per heavy atom. The minimum absolute atomic E-state index is 0.0382. The smallest absolute Gasteiger partial charge is 0.475 e. The Morgan fingerprint density at radius 2 is 2.00 bits per heavy atom. The van der Waals surface area contributed by atoms with E-state index >= 15 is 0 Å². The van der Waals surface area contributed by atoms with Crippen LogP contribution < -0.4 is 0 Å². The van der Waals surface area contributed by atoms with Gasteiger partial charge in [-0.25, -0.2) is 9.18 Å². The number of carbonyl (C=O) groups excluding carboxylic acids is 2. The zero-order chi connectivity index (χ0) is 22.5. The molecule has 30 heavy (non-hydrogen) atoms. The summed E-state index contributed by atoms with van der Waals surface area (Å²) in [6.45, 7) is 5.04. The fourth-order valence-electron chi connectivity index (χ4n) is 3.02. The molecule has 1 aromatic heterocycles. The maximum atomic E-state index is 12.9. The minimum atomic E-state index is -5.08. The molecule has 8 nitrogen and oxygen atoms in total. The van der Waals surface area contributed by atoms with Crippen molar-refractivity contribution in [2.24, 2.45) is 0 Å². The lowest BCUT2D eigenvalue weighted by Crippen LogP contribution is -2.53. The summed E-state index contributed by atoms with van der Waals surface area (Å²) in [4.78, 5) is 40.5. The van der Waals surface area contributed by atoms with Crippen molar-refractivity contribution in [3.05, 3.63) is 42.5 Å². The first-order valence-electron chi connectivity index (χ1n) is 8.73. The maximum absolute atomic E-state index is 12.9. The van der Waals surface area contributed by atoms with Crippen LogP contribution in [0.2, 0.25) is 0 Å². The van der Waals surface area contributed by atoms with E-state index in [4.69, 9.17) is 14.6 Å². The molecule has 0 unspecified atom stereocenters. The van der Waals surface area contributed by atoms with Gasteiger partial charge in [0.25, 0.3) is 0 Å². The lowest BCUT2D eigenvalue weighted by molar-refractivity contribution is -0.192. The molecule has 12 heteroatoms. The number of nitrogens with zero attached hydrogens (tertiary/aromatic N) is 3. The Labute approximate surface area is 168 Å². The zero-order valence-electron chi connectivity index (χ0n) is 15.6. The summed E-state index contributed by atoms with van der Waals surface area (Å²) in [6, 6.07) is 2.65. The van der Waals surface area contributed by atoms with E-state index in [2.05, 4.69) is 11.6 Å². The van der Waals surface area contributed by atoms with Crippen LogP contribution in [0.4, 0.5) is 17.6 Å². The second-order valence-corrected chi connectivity index (χ2v) is 6.50. The molecule has 0 bridgehead atoms. The number of morpholine rings is 1. The fraction of sp³-hybridized carbons (Fsp3) is 0.444. The van der Waals surface area contributed by atoms with Gasteiger partial charge in [0.2, 0.25) is 11.8 Å². The van der Waals surface area contributed by atoms with Gasteiger partial charge < -0.3 is 19.6 Å². The van der Waals surface area contributed by atoms with Crippen LogP contribution in [0.15, 0.2) is 31.0 Å². The highest BCUT2D eigenvalue weighted by Gasteiger charge is 2.44. The van der Waals surface area contributed by atoms with E-state index < -0.39 is 18.0 Å². The predicted octanol–water partition coefficient (Wildman–Crippen LogP) is 1.02. The van der Waals surface area contributed by atoms with Crippen LogP contribution in [0.25, 0.3) is 0 Å². The summed E-state index contributed by atoms with van der Waals surface area (Å²) in [6.07, 6.45) is -2.37. The molecule has 0 spiro atoms. The van der Waals surface area contributed by atoms with Crippen molar-refractivity contribution in [1.82, 2.24) is 14.8 Å². The Kier molecular flexibility index (Phi) is 7.48. The number of rotatable bonds is 4. The van der Waals surface area contributed by atoms with Crippen molar-refractivity contribution in [2.75, 3.05) is 26.2 Å². The highest BCUT2D eigenvalue weighted by Crippen LogP contribution is 2.24. The van der Waals surface area contributed by atoms with Crippen molar-refractivity contribution >= 4 is 17.8 Å². The van der Waals surface area contributed by atoms with Gasteiger partial charge in [0.05, 0.1) is 24.8 Å². The Balaban J connectivity index is 0.000000396. The molecule has 164 valence electrons. The molecule has 2 aliphatic heterocycles. The Hall–Kier alpha value is -3.02. The molecule has 2 saturated heterocycles.